The molecule has 1 N–H and O–H groups in total. The lowest BCUT2D eigenvalue weighted by atomic mass is 10.2. The molecular formula is C17H12Cl2N2O2. The van der Waals surface area contributed by atoms with E-state index in [0.717, 1.165) is 5.39 Å². The SMILES string of the molecule is O=C(Cn1ccc2ccccc2c1=O)Nc1ccc(Cl)c(Cl)c1. The van der Waals surface area contributed by atoms with E-state index in [1.807, 2.05) is 18.2 Å². The standard InChI is InChI=1S/C17H12Cl2N2O2/c18-14-6-5-12(9-15(14)19)20-16(22)10-21-8-7-11-3-1-2-4-13(11)17(21)23/h1-9H,10H2,(H,20,22). The monoisotopic (exact) mass is 346 g/mol. The molecule has 3 aromatic rings. The van der Waals surface area contributed by atoms with Gasteiger partial charge in [-0.3, -0.25) is 9.59 Å². The molecule has 23 heavy (non-hydrogen) atoms. The highest BCUT2D eigenvalue weighted by Crippen LogP contribution is 2.24. The predicted octanol–water partition coefficient (Wildman–Crippen LogP) is 3.95. The maximum absolute atomic E-state index is 12.4. The van der Waals surface area contributed by atoms with Crippen molar-refractivity contribution in [3.8, 4) is 0 Å². The third-order valence-corrected chi connectivity index (χ3v) is 4.14. The molecule has 0 aliphatic heterocycles. The molecule has 1 aromatic heterocycles. The van der Waals surface area contributed by atoms with Crippen LogP contribution in [0.4, 0.5) is 5.69 Å². The van der Waals surface area contributed by atoms with Crippen molar-refractivity contribution in [3.05, 3.63) is 75.1 Å². The quantitative estimate of drug-likeness (QED) is 0.780. The van der Waals surface area contributed by atoms with Gasteiger partial charge < -0.3 is 9.88 Å². The molecule has 0 radical (unpaired) electrons. The number of anilines is 1. The van der Waals surface area contributed by atoms with Crippen molar-refractivity contribution in [1.82, 2.24) is 4.57 Å². The molecule has 0 atom stereocenters. The number of hydrogen-bond acceptors (Lipinski definition) is 2. The average Bonchev–Trinajstić information content (AvgIpc) is 2.54. The van der Waals surface area contributed by atoms with Crippen LogP contribution in [0.5, 0.6) is 0 Å². The smallest absolute Gasteiger partial charge is 0.258 e. The minimum atomic E-state index is -0.319. The minimum Gasteiger partial charge on any atom is -0.324 e. The molecular weight excluding hydrogens is 335 g/mol. The van der Waals surface area contributed by atoms with E-state index in [9.17, 15) is 9.59 Å². The average molecular weight is 347 g/mol. The van der Waals surface area contributed by atoms with E-state index in [1.54, 1.807) is 36.5 Å². The molecule has 0 spiro atoms. The molecule has 0 saturated heterocycles. The predicted molar refractivity (Wildman–Crippen MR) is 93.3 cm³/mol. The van der Waals surface area contributed by atoms with Gasteiger partial charge in [0.05, 0.1) is 10.0 Å². The second kappa shape index (κ2) is 6.44. The Morgan fingerprint density at radius 1 is 1.04 bits per heavy atom. The van der Waals surface area contributed by atoms with Crippen molar-refractivity contribution in [2.75, 3.05) is 5.32 Å². The van der Waals surface area contributed by atoms with E-state index < -0.39 is 0 Å². The van der Waals surface area contributed by atoms with Crippen molar-refractivity contribution in [2.45, 2.75) is 6.54 Å². The highest BCUT2D eigenvalue weighted by molar-refractivity contribution is 6.42. The zero-order valence-electron chi connectivity index (χ0n) is 11.9. The van der Waals surface area contributed by atoms with E-state index in [-0.39, 0.29) is 18.0 Å². The molecule has 0 bridgehead atoms. The first kappa shape index (κ1) is 15.6. The van der Waals surface area contributed by atoms with E-state index in [2.05, 4.69) is 5.32 Å². The van der Waals surface area contributed by atoms with Gasteiger partial charge in [-0.2, -0.15) is 0 Å². The van der Waals surface area contributed by atoms with Crippen LogP contribution in [0.2, 0.25) is 10.0 Å². The summed E-state index contributed by atoms with van der Waals surface area (Å²) in [5.41, 5.74) is 0.325. The van der Waals surface area contributed by atoms with E-state index >= 15 is 0 Å². The summed E-state index contributed by atoms with van der Waals surface area (Å²) in [6.45, 7) is -0.0795. The largest absolute Gasteiger partial charge is 0.324 e. The summed E-state index contributed by atoms with van der Waals surface area (Å²) in [4.78, 5) is 24.5. The minimum absolute atomic E-state index is 0.0795. The third-order valence-electron chi connectivity index (χ3n) is 3.40. The molecule has 0 saturated carbocycles. The number of rotatable bonds is 3. The van der Waals surface area contributed by atoms with Crippen molar-refractivity contribution >= 4 is 45.6 Å². The summed E-state index contributed by atoms with van der Waals surface area (Å²) in [6.07, 6.45) is 1.61. The van der Waals surface area contributed by atoms with E-state index in [4.69, 9.17) is 23.2 Å². The molecule has 1 heterocycles. The van der Waals surface area contributed by atoms with Gasteiger partial charge in [-0.05, 0) is 35.7 Å². The molecule has 116 valence electrons. The zero-order valence-corrected chi connectivity index (χ0v) is 13.4. The summed E-state index contributed by atoms with van der Waals surface area (Å²) < 4.78 is 1.37. The molecule has 0 unspecified atom stereocenters. The number of nitrogens with zero attached hydrogens (tertiary/aromatic N) is 1. The maximum Gasteiger partial charge on any atom is 0.258 e. The summed E-state index contributed by atoms with van der Waals surface area (Å²) >= 11 is 11.7. The number of hydrogen-bond donors (Lipinski definition) is 1. The molecule has 0 fully saturated rings. The van der Waals surface area contributed by atoms with Crippen LogP contribution in [0, 0.1) is 0 Å². The summed E-state index contributed by atoms with van der Waals surface area (Å²) in [5, 5.41) is 4.89. The fraction of sp³-hybridized carbons (Fsp3) is 0.0588. The number of nitrogens with one attached hydrogen (secondary N) is 1. The van der Waals surface area contributed by atoms with Crippen LogP contribution < -0.4 is 10.9 Å². The lowest BCUT2D eigenvalue weighted by Gasteiger charge is -2.09. The first-order valence-electron chi connectivity index (χ1n) is 6.88. The van der Waals surface area contributed by atoms with Crippen LogP contribution in [0.15, 0.2) is 59.5 Å². The number of fused-ring (bicyclic) bond motifs is 1. The van der Waals surface area contributed by atoms with Gasteiger partial charge >= 0.3 is 0 Å². The van der Waals surface area contributed by atoms with Crippen LogP contribution in [-0.2, 0) is 11.3 Å². The first-order chi connectivity index (χ1) is 11.0. The van der Waals surface area contributed by atoms with Gasteiger partial charge in [-0.15, -0.1) is 0 Å². The number of pyridine rings is 1. The molecule has 4 nitrogen and oxygen atoms in total. The Labute approximate surface area is 142 Å². The fourth-order valence-electron chi connectivity index (χ4n) is 2.28. The van der Waals surface area contributed by atoms with Crippen molar-refractivity contribution < 1.29 is 4.79 Å². The third kappa shape index (κ3) is 3.38. The number of amides is 1. The Bertz CT molecular complexity index is 951. The van der Waals surface area contributed by atoms with E-state index in [0.29, 0.717) is 21.1 Å². The van der Waals surface area contributed by atoms with Crippen LogP contribution >= 0.6 is 23.2 Å². The first-order valence-corrected chi connectivity index (χ1v) is 7.63. The van der Waals surface area contributed by atoms with Gasteiger partial charge in [0.2, 0.25) is 5.91 Å². The van der Waals surface area contributed by atoms with Gasteiger partial charge in [-0.25, -0.2) is 0 Å². The molecule has 6 heteroatoms. The lowest BCUT2D eigenvalue weighted by molar-refractivity contribution is -0.116. The Morgan fingerprint density at radius 3 is 2.61 bits per heavy atom. The number of carbonyl (C=O) groups is 1. The van der Waals surface area contributed by atoms with Crippen LogP contribution in [0.3, 0.4) is 0 Å². The number of benzene rings is 2. The van der Waals surface area contributed by atoms with Gasteiger partial charge in [0.25, 0.3) is 5.56 Å². The van der Waals surface area contributed by atoms with Crippen molar-refractivity contribution in [1.29, 1.82) is 0 Å². The molecule has 1 amide bonds. The Hall–Kier alpha value is -2.30. The fourth-order valence-corrected chi connectivity index (χ4v) is 2.58. The lowest BCUT2D eigenvalue weighted by Crippen LogP contribution is -2.27. The maximum atomic E-state index is 12.4. The van der Waals surface area contributed by atoms with Crippen molar-refractivity contribution in [2.24, 2.45) is 0 Å². The van der Waals surface area contributed by atoms with Gasteiger partial charge in [0, 0.05) is 17.3 Å². The summed E-state index contributed by atoms with van der Waals surface area (Å²) in [6, 6.07) is 13.9. The van der Waals surface area contributed by atoms with Crippen LogP contribution in [-0.4, -0.2) is 10.5 Å². The van der Waals surface area contributed by atoms with Crippen LogP contribution in [0.25, 0.3) is 10.8 Å². The molecule has 3 rings (SSSR count). The number of aromatic nitrogens is 1. The Morgan fingerprint density at radius 2 is 1.83 bits per heavy atom. The van der Waals surface area contributed by atoms with Gasteiger partial charge in [0.15, 0.2) is 0 Å². The Balaban J connectivity index is 1.81. The highest BCUT2D eigenvalue weighted by Gasteiger charge is 2.08. The number of carbonyl (C=O) groups excluding carboxylic acids is 1. The highest BCUT2D eigenvalue weighted by atomic mass is 35.5. The number of halogens is 2. The summed E-state index contributed by atoms with van der Waals surface area (Å²) in [5.74, 6) is -0.319. The second-order valence-corrected chi connectivity index (χ2v) is 5.83. The molecule has 0 aliphatic rings. The molecule has 0 aliphatic carbocycles. The topological polar surface area (TPSA) is 51.1 Å². The zero-order chi connectivity index (χ0) is 16.4. The van der Waals surface area contributed by atoms with Crippen molar-refractivity contribution in [3.63, 3.8) is 0 Å². The summed E-state index contributed by atoms with van der Waals surface area (Å²) in [7, 11) is 0. The molecule has 2 aromatic carbocycles. The van der Waals surface area contributed by atoms with Crippen LogP contribution in [0.1, 0.15) is 0 Å². The van der Waals surface area contributed by atoms with Gasteiger partial charge in [0.1, 0.15) is 6.54 Å². The van der Waals surface area contributed by atoms with E-state index in [1.165, 1.54) is 4.57 Å². The second-order valence-electron chi connectivity index (χ2n) is 5.01. The Kier molecular flexibility index (Phi) is 4.37. The normalized spacial score (nSPS) is 10.7. The van der Waals surface area contributed by atoms with Gasteiger partial charge in [-0.1, -0.05) is 41.4 Å².